The van der Waals surface area contributed by atoms with Crippen LogP contribution in [0.15, 0.2) is 24.3 Å². The summed E-state index contributed by atoms with van der Waals surface area (Å²) in [5.74, 6) is 2.03. The number of thioether (sulfide) groups is 1. The van der Waals surface area contributed by atoms with Crippen LogP contribution in [0.25, 0.3) is 0 Å². The lowest BCUT2D eigenvalue weighted by Crippen LogP contribution is -2.31. The summed E-state index contributed by atoms with van der Waals surface area (Å²) in [6, 6.07) is 7.88. The van der Waals surface area contributed by atoms with E-state index in [1.165, 1.54) is 0 Å². The second-order valence-electron chi connectivity index (χ2n) is 6.29. The number of amides is 1. The molecule has 3 nitrogen and oxygen atoms in total. The molecule has 0 unspecified atom stereocenters. The highest BCUT2D eigenvalue weighted by atomic mass is 32.2. The van der Waals surface area contributed by atoms with Gasteiger partial charge in [-0.05, 0) is 17.5 Å². The van der Waals surface area contributed by atoms with E-state index >= 15 is 0 Å². The maximum Gasteiger partial charge on any atom is 0.257 e. The molecule has 1 aromatic carbocycles. The van der Waals surface area contributed by atoms with Gasteiger partial charge in [0.25, 0.3) is 5.91 Å². The lowest BCUT2D eigenvalue weighted by molar-refractivity contribution is -0.122. The average molecular weight is 309 g/mol. The highest BCUT2D eigenvalue weighted by Crippen LogP contribution is 2.25. The number of para-hydroxylation sites is 1. The van der Waals surface area contributed by atoms with E-state index in [0.29, 0.717) is 12.5 Å². The smallest absolute Gasteiger partial charge is 0.257 e. The Morgan fingerprint density at radius 3 is 2.57 bits per heavy atom. The number of carbonyl (C=O) groups excluding carboxylic acids is 1. The van der Waals surface area contributed by atoms with Gasteiger partial charge in [-0.3, -0.25) is 4.79 Å². The van der Waals surface area contributed by atoms with Gasteiger partial charge in [-0.15, -0.1) is 0 Å². The third-order valence-corrected chi connectivity index (χ3v) is 4.13. The molecule has 0 atom stereocenters. The van der Waals surface area contributed by atoms with Gasteiger partial charge in [-0.1, -0.05) is 52.8 Å². The third-order valence-electron chi connectivity index (χ3n) is 2.86. The van der Waals surface area contributed by atoms with E-state index in [2.05, 4.69) is 39.9 Å². The molecular weight excluding hydrogens is 282 g/mol. The molecule has 118 valence electrons. The van der Waals surface area contributed by atoms with Crippen LogP contribution in [0.3, 0.4) is 0 Å². The van der Waals surface area contributed by atoms with Gasteiger partial charge in [0.1, 0.15) is 5.75 Å². The van der Waals surface area contributed by atoms with Gasteiger partial charge in [-0.2, -0.15) is 11.8 Å². The zero-order valence-electron chi connectivity index (χ0n) is 13.7. The van der Waals surface area contributed by atoms with Crippen LogP contribution in [0.2, 0.25) is 0 Å². The van der Waals surface area contributed by atoms with E-state index in [-0.39, 0.29) is 17.3 Å². The van der Waals surface area contributed by atoms with Gasteiger partial charge in [-0.25, -0.2) is 0 Å². The zero-order chi connectivity index (χ0) is 15.9. The second kappa shape index (κ2) is 8.32. The van der Waals surface area contributed by atoms with Gasteiger partial charge in [0.15, 0.2) is 6.61 Å². The van der Waals surface area contributed by atoms with Crippen LogP contribution in [0.4, 0.5) is 0 Å². The molecule has 0 fully saturated rings. The Balaban J connectivity index is 2.34. The molecule has 0 spiro atoms. The van der Waals surface area contributed by atoms with Crippen LogP contribution in [-0.2, 0) is 4.79 Å². The number of hydrogen-bond acceptors (Lipinski definition) is 3. The summed E-state index contributed by atoms with van der Waals surface area (Å²) in [5.41, 5.74) is 1.13. The fourth-order valence-electron chi connectivity index (χ4n) is 1.83. The molecule has 0 saturated heterocycles. The number of rotatable bonds is 7. The minimum absolute atomic E-state index is 0.0666. The molecule has 0 radical (unpaired) electrons. The number of hydrogen-bond donors (Lipinski definition) is 1. The summed E-state index contributed by atoms with van der Waals surface area (Å²) in [6.45, 7) is 11.5. The van der Waals surface area contributed by atoms with Crippen molar-refractivity contribution in [1.29, 1.82) is 0 Å². The van der Waals surface area contributed by atoms with E-state index in [4.69, 9.17) is 4.74 Å². The Morgan fingerprint density at radius 2 is 1.95 bits per heavy atom. The van der Waals surface area contributed by atoms with Crippen molar-refractivity contribution in [2.24, 2.45) is 0 Å². The predicted molar refractivity (Wildman–Crippen MR) is 91.2 cm³/mol. The molecule has 0 aliphatic rings. The van der Waals surface area contributed by atoms with Crippen LogP contribution < -0.4 is 10.1 Å². The number of nitrogens with one attached hydrogen (secondary N) is 1. The maximum absolute atomic E-state index is 11.8. The van der Waals surface area contributed by atoms with Crippen LogP contribution >= 0.6 is 11.8 Å². The van der Waals surface area contributed by atoms with Crippen molar-refractivity contribution < 1.29 is 9.53 Å². The lowest BCUT2D eigenvalue weighted by Gasteiger charge is -2.17. The van der Waals surface area contributed by atoms with E-state index in [1.807, 2.05) is 36.0 Å². The van der Waals surface area contributed by atoms with Gasteiger partial charge in [0.05, 0.1) is 0 Å². The molecule has 1 aromatic rings. The van der Waals surface area contributed by atoms with Crippen molar-refractivity contribution in [3.63, 3.8) is 0 Å². The highest BCUT2D eigenvalue weighted by molar-refractivity contribution is 8.00. The first kappa shape index (κ1) is 17.9. The quantitative estimate of drug-likeness (QED) is 0.778. The van der Waals surface area contributed by atoms with Gasteiger partial charge < -0.3 is 10.1 Å². The van der Waals surface area contributed by atoms with Crippen molar-refractivity contribution in [1.82, 2.24) is 5.32 Å². The van der Waals surface area contributed by atoms with Crippen LogP contribution in [0.5, 0.6) is 5.75 Å². The summed E-state index contributed by atoms with van der Waals surface area (Å²) < 4.78 is 5.87. The summed E-state index contributed by atoms with van der Waals surface area (Å²) >= 11 is 1.84. The molecule has 1 N–H and O–H groups in total. The Morgan fingerprint density at radius 1 is 1.29 bits per heavy atom. The first-order valence-corrected chi connectivity index (χ1v) is 8.40. The van der Waals surface area contributed by atoms with E-state index < -0.39 is 0 Å². The molecule has 0 bridgehead atoms. The standard InChI is InChI=1S/C17H27NO2S/c1-13(2)14-8-6-7-9-15(14)20-12-16(19)18-10-11-21-17(3,4)5/h6-9,13H,10-12H2,1-5H3,(H,18,19). The van der Waals surface area contributed by atoms with Gasteiger partial charge in [0.2, 0.25) is 0 Å². The lowest BCUT2D eigenvalue weighted by atomic mass is 10.0. The molecule has 1 amide bonds. The summed E-state index contributed by atoms with van der Waals surface area (Å²) in [6.07, 6.45) is 0. The van der Waals surface area contributed by atoms with Crippen molar-refractivity contribution >= 4 is 17.7 Å². The SMILES string of the molecule is CC(C)c1ccccc1OCC(=O)NCCSC(C)(C)C. The predicted octanol–water partition coefficient (Wildman–Crippen LogP) is 3.84. The van der Waals surface area contributed by atoms with Crippen LogP contribution in [-0.4, -0.2) is 29.6 Å². The third kappa shape index (κ3) is 7.42. The average Bonchev–Trinajstić information content (AvgIpc) is 2.40. The van der Waals surface area contributed by atoms with E-state index in [9.17, 15) is 4.79 Å². The molecule has 0 heterocycles. The molecule has 0 saturated carbocycles. The van der Waals surface area contributed by atoms with Gasteiger partial charge in [0, 0.05) is 17.0 Å². The molecule has 0 aliphatic heterocycles. The molecule has 4 heteroatoms. The van der Waals surface area contributed by atoms with Crippen molar-refractivity contribution in [3.05, 3.63) is 29.8 Å². The number of benzene rings is 1. The van der Waals surface area contributed by atoms with E-state index in [1.54, 1.807) is 0 Å². The Hall–Kier alpha value is -1.16. The molecule has 21 heavy (non-hydrogen) atoms. The molecule has 0 aliphatic carbocycles. The topological polar surface area (TPSA) is 38.3 Å². The summed E-state index contributed by atoms with van der Waals surface area (Å²) in [5, 5.41) is 2.89. The summed E-state index contributed by atoms with van der Waals surface area (Å²) in [4.78, 5) is 11.8. The largest absolute Gasteiger partial charge is 0.483 e. The molecule has 1 rings (SSSR count). The number of ether oxygens (including phenoxy) is 1. The minimum atomic E-state index is -0.0666. The first-order valence-electron chi connectivity index (χ1n) is 7.42. The van der Waals surface area contributed by atoms with Crippen LogP contribution in [0, 0.1) is 0 Å². The van der Waals surface area contributed by atoms with Crippen LogP contribution in [0.1, 0.15) is 46.1 Å². The Kier molecular flexibility index (Phi) is 7.09. The van der Waals surface area contributed by atoms with E-state index in [0.717, 1.165) is 17.1 Å². The molecular formula is C17H27NO2S. The van der Waals surface area contributed by atoms with Gasteiger partial charge >= 0.3 is 0 Å². The summed E-state index contributed by atoms with van der Waals surface area (Å²) in [7, 11) is 0. The maximum atomic E-state index is 11.8. The van der Waals surface area contributed by atoms with Crippen molar-refractivity contribution in [3.8, 4) is 5.75 Å². The zero-order valence-corrected chi connectivity index (χ0v) is 14.5. The monoisotopic (exact) mass is 309 g/mol. The van der Waals surface area contributed by atoms with Crippen molar-refractivity contribution in [2.45, 2.75) is 45.3 Å². The minimum Gasteiger partial charge on any atom is -0.483 e. The Bertz CT molecular complexity index is 452. The normalized spacial score (nSPS) is 11.5. The fourth-order valence-corrected chi connectivity index (χ4v) is 2.65. The molecule has 0 aromatic heterocycles. The fraction of sp³-hybridized carbons (Fsp3) is 0.588. The number of carbonyl (C=O) groups is 1. The second-order valence-corrected chi connectivity index (χ2v) is 8.21. The van der Waals surface area contributed by atoms with Crippen molar-refractivity contribution in [2.75, 3.05) is 18.9 Å². The highest BCUT2D eigenvalue weighted by Gasteiger charge is 2.11. The Labute approximate surface area is 132 Å². The first-order chi connectivity index (χ1) is 9.79.